The van der Waals surface area contributed by atoms with Crippen LogP contribution in [-0.2, 0) is 4.79 Å². The maximum absolute atomic E-state index is 12.3. The van der Waals surface area contributed by atoms with Gasteiger partial charge in [-0.3, -0.25) is 9.69 Å². The van der Waals surface area contributed by atoms with Gasteiger partial charge in [0.15, 0.2) is 6.61 Å². The Bertz CT molecular complexity index is 841. The first-order valence-corrected chi connectivity index (χ1v) is 9.48. The highest BCUT2D eigenvalue weighted by Gasteiger charge is 2.24. The molecule has 0 spiro atoms. The van der Waals surface area contributed by atoms with E-state index in [0.717, 1.165) is 24.4 Å². The number of ether oxygens (including phenoxy) is 2. The number of hydrogen-bond acceptors (Lipinski definition) is 5. The predicted molar refractivity (Wildman–Crippen MR) is 106 cm³/mol. The Balaban J connectivity index is 1.61. The van der Waals surface area contributed by atoms with E-state index in [-0.39, 0.29) is 18.6 Å². The molecule has 0 radical (unpaired) electrons. The average Bonchev–Trinajstić information content (AvgIpc) is 3.27. The van der Waals surface area contributed by atoms with Crippen LogP contribution in [-0.4, -0.2) is 44.2 Å². The first-order chi connectivity index (χ1) is 13.7. The number of nitrogens with one attached hydrogen (secondary N) is 1. The van der Waals surface area contributed by atoms with Gasteiger partial charge in [-0.15, -0.1) is 0 Å². The lowest BCUT2D eigenvalue weighted by molar-refractivity contribution is -0.123. The third kappa shape index (κ3) is 5.02. The van der Waals surface area contributed by atoms with Gasteiger partial charge in [-0.2, -0.15) is 5.26 Å². The number of carbonyl (C=O) groups excluding carboxylic acids is 1. The summed E-state index contributed by atoms with van der Waals surface area (Å²) in [5, 5.41) is 12.1. The van der Waals surface area contributed by atoms with Gasteiger partial charge in [0.1, 0.15) is 17.6 Å². The maximum atomic E-state index is 12.3. The van der Waals surface area contributed by atoms with Crippen LogP contribution >= 0.6 is 0 Å². The lowest BCUT2D eigenvalue weighted by Gasteiger charge is -2.28. The minimum absolute atomic E-state index is 0.0907. The van der Waals surface area contributed by atoms with Gasteiger partial charge in [-0.1, -0.05) is 24.3 Å². The van der Waals surface area contributed by atoms with Gasteiger partial charge in [0.25, 0.3) is 5.91 Å². The van der Waals surface area contributed by atoms with Gasteiger partial charge in [0.2, 0.25) is 0 Å². The number of hydrogen-bond donors (Lipinski definition) is 1. The molecule has 146 valence electrons. The highest BCUT2D eigenvalue weighted by Crippen LogP contribution is 2.27. The third-order valence-corrected chi connectivity index (χ3v) is 4.92. The number of amides is 1. The first kappa shape index (κ1) is 19.7. The molecule has 1 N–H and O–H groups in total. The van der Waals surface area contributed by atoms with Gasteiger partial charge >= 0.3 is 0 Å². The zero-order valence-corrected chi connectivity index (χ0v) is 16.1. The Hall–Kier alpha value is -3.04. The van der Waals surface area contributed by atoms with Crippen LogP contribution in [0.3, 0.4) is 0 Å². The van der Waals surface area contributed by atoms with Crippen molar-refractivity contribution in [1.82, 2.24) is 10.2 Å². The fourth-order valence-corrected chi connectivity index (χ4v) is 3.45. The summed E-state index contributed by atoms with van der Waals surface area (Å²) in [6.07, 6.45) is 2.34. The van der Waals surface area contributed by atoms with Crippen LogP contribution in [0.4, 0.5) is 0 Å². The zero-order chi connectivity index (χ0) is 19.8. The molecule has 2 aromatic carbocycles. The van der Waals surface area contributed by atoms with E-state index in [2.05, 4.69) is 22.4 Å². The van der Waals surface area contributed by atoms with E-state index >= 15 is 0 Å². The molecule has 0 saturated carbocycles. The van der Waals surface area contributed by atoms with Crippen LogP contribution in [0.15, 0.2) is 48.5 Å². The largest absolute Gasteiger partial charge is 0.497 e. The van der Waals surface area contributed by atoms with Crippen molar-refractivity contribution in [3.63, 3.8) is 0 Å². The van der Waals surface area contributed by atoms with Gasteiger partial charge in [-0.25, -0.2) is 0 Å². The van der Waals surface area contributed by atoms with Crippen LogP contribution < -0.4 is 14.8 Å². The number of rotatable bonds is 8. The third-order valence-electron chi connectivity index (χ3n) is 4.92. The molecule has 1 fully saturated rings. The molecule has 0 aliphatic carbocycles. The predicted octanol–water partition coefficient (Wildman–Crippen LogP) is 2.90. The maximum Gasteiger partial charge on any atom is 0.258 e. The molecule has 6 nitrogen and oxygen atoms in total. The molecule has 1 aliphatic heterocycles. The van der Waals surface area contributed by atoms with E-state index < -0.39 is 0 Å². The molecule has 1 aliphatic rings. The quantitative estimate of drug-likeness (QED) is 0.763. The Labute approximate surface area is 165 Å². The van der Waals surface area contributed by atoms with Crippen LogP contribution in [0.25, 0.3) is 0 Å². The normalized spacial score (nSPS) is 14.9. The smallest absolute Gasteiger partial charge is 0.258 e. The molecule has 1 heterocycles. The Morgan fingerprint density at radius 1 is 1.21 bits per heavy atom. The number of methoxy groups -OCH3 is 1. The summed E-state index contributed by atoms with van der Waals surface area (Å²) >= 11 is 0. The van der Waals surface area contributed by atoms with E-state index in [4.69, 9.17) is 14.7 Å². The second-order valence-corrected chi connectivity index (χ2v) is 6.74. The number of likely N-dealkylation sites (tertiary alicyclic amines) is 1. The van der Waals surface area contributed by atoms with E-state index in [0.29, 0.717) is 17.9 Å². The number of nitriles is 1. The fourth-order valence-electron chi connectivity index (χ4n) is 3.45. The van der Waals surface area contributed by atoms with Crippen molar-refractivity contribution in [3.05, 3.63) is 59.7 Å². The molecule has 1 saturated heterocycles. The van der Waals surface area contributed by atoms with Crippen LogP contribution in [0, 0.1) is 11.3 Å². The minimum atomic E-state index is -0.208. The van der Waals surface area contributed by atoms with Crippen LogP contribution in [0.2, 0.25) is 0 Å². The molecule has 6 heteroatoms. The van der Waals surface area contributed by atoms with E-state index in [1.54, 1.807) is 31.4 Å². The average molecular weight is 379 g/mol. The topological polar surface area (TPSA) is 74.6 Å². The number of para-hydroxylation sites is 1. The Kier molecular flexibility index (Phi) is 6.88. The second kappa shape index (κ2) is 9.77. The van der Waals surface area contributed by atoms with Crippen molar-refractivity contribution >= 4 is 5.91 Å². The molecule has 1 atom stereocenters. The van der Waals surface area contributed by atoms with Crippen molar-refractivity contribution in [2.45, 2.75) is 18.9 Å². The molecule has 28 heavy (non-hydrogen) atoms. The summed E-state index contributed by atoms with van der Waals surface area (Å²) in [4.78, 5) is 14.7. The Morgan fingerprint density at radius 2 is 2.00 bits per heavy atom. The molecular weight excluding hydrogens is 354 g/mol. The molecular formula is C22H25N3O3. The van der Waals surface area contributed by atoms with Crippen LogP contribution in [0.5, 0.6) is 11.5 Å². The van der Waals surface area contributed by atoms with Gasteiger partial charge in [0.05, 0.1) is 18.7 Å². The van der Waals surface area contributed by atoms with Crippen molar-refractivity contribution in [2.75, 3.05) is 33.4 Å². The van der Waals surface area contributed by atoms with Crippen molar-refractivity contribution in [3.8, 4) is 17.6 Å². The fraction of sp³-hybridized carbons (Fsp3) is 0.364. The summed E-state index contributed by atoms with van der Waals surface area (Å²) in [6.45, 7) is 2.41. The molecule has 0 bridgehead atoms. The van der Waals surface area contributed by atoms with Crippen molar-refractivity contribution in [2.24, 2.45) is 0 Å². The lowest BCUT2D eigenvalue weighted by atomic mass is 10.0. The van der Waals surface area contributed by atoms with E-state index in [1.807, 2.05) is 18.2 Å². The molecule has 3 rings (SSSR count). The zero-order valence-electron chi connectivity index (χ0n) is 16.1. The highest BCUT2D eigenvalue weighted by molar-refractivity contribution is 5.77. The van der Waals surface area contributed by atoms with E-state index in [1.165, 1.54) is 12.8 Å². The highest BCUT2D eigenvalue weighted by atomic mass is 16.5. The molecule has 0 aromatic heterocycles. The van der Waals surface area contributed by atoms with Gasteiger partial charge in [-0.05, 0) is 55.8 Å². The summed E-state index contributed by atoms with van der Waals surface area (Å²) in [5.41, 5.74) is 1.54. The van der Waals surface area contributed by atoms with Gasteiger partial charge in [0, 0.05) is 6.54 Å². The van der Waals surface area contributed by atoms with Crippen molar-refractivity contribution < 1.29 is 14.3 Å². The van der Waals surface area contributed by atoms with E-state index in [9.17, 15) is 4.79 Å². The van der Waals surface area contributed by atoms with Gasteiger partial charge < -0.3 is 14.8 Å². The summed E-state index contributed by atoms with van der Waals surface area (Å²) in [5.74, 6) is 1.02. The SMILES string of the molecule is COc1cccc(C(CNC(=O)COc2ccccc2C#N)N2CCCC2)c1. The Morgan fingerprint density at radius 3 is 2.75 bits per heavy atom. The monoisotopic (exact) mass is 379 g/mol. The van der Waals surface area contributed by atoms with Crippen molar-refractivity contribution in [1.29, 1.82) is 5.26 Å². The minimum Gasteiger partial charge on any atom is -0.497 e. The first-order valence-electron chi connectivity index (χ1n) is 9.48. The molecule has 2 aromatic rings. The summed E-state index contributed by atoms with van der Waals surface area (Å²) in [7, 11) is 1.65. The second-order valence-electron chi connectivity index (χ2n) is 6.74. The molecule has 1 unspecified atom stereocenters. The van der Waals surface area contributed by atoms with Crippen LogP contribution in [0.1, 0.15) is 30.0 Å². The molecule has 1 amide bonds. The summed E-state index contributed by atoms with van der Waals surface area (Å²) in [6, 6.07) is 17.0. The summed E-state index contributed by atoms with van der Waals surface area (Å²) < 4.78 is 10.9. The lowest BCUT2D eigenvalue weighted by Crippen LogP contribution is -2.38. The number of benzene rings is 2. The number of nitrogens with zero attached hydrogens (tertiary/aromatic N) is 2. The standard InChI is InChI=1S/C22H25N3O3/c1-27-19-9-6-8-17(13-19)20(25-11-4-5-12-25)15-24-22(26)16-28-21-10-3-2-7-18(21)14-23/h2-3,6-10,13,20H,4-5,11-12,15-16H2,1H3,(H,24,26). The number of carbonyl (C=O) groups is 1.